The van der Waals surface area contributed by atoms with E-state index in [1.54, 1.807) is 50.1 Å². The van der Waals surface area contributed by atoms with Gasteiger partial charge in [0.25, 0.3) is 5.91 Å². The van der Waals surface area contributed by atoms with E-state index in [2.05, 4.69) is 5.32 Å². The number of carbonyl (C=O) groups excluding carboxylic acids is 2. The van der Waals surface area contributed by atoms with Gasteiger partial charge in [-0.25, -0.2) is 4.39 Å². The van der Waals surface area contributed by atoms with Gasteiger partial charge in [0.1, 0.15) is 12.4 Å². The maximum atomic E-state index is 13.6. The van der Waals surface area contributed by atoms with Gasteiger partial charge in [0.05, 0.1) is 6.04 Å². The van der Waals surface area contributed by atoms with Crippen LogP contribution in [0.4, 0.5) is 23.2 Å². The minimum absolute atomic E-state index is 0.109. The number of alkyl halides is 3. The van der Waals surface area contributed by atoms with E-state index in [9.17, 15) is 27.2 Å². The van der Waals surface area contributed by atoms with Crippen LogP contribution in [0, 0.1) is 12.7 Å². The number of benzene rings is 2. The van der Waals surface area contributed by atoms with Crippen molar-refractivity contribution in [3.05, 3.63) is 65.0 Å². The Balaban J connectivity index is 1.92. The minimum atomic E-state index is -4.47. The Morgan fingerprint density at radius 2 is 1.73 bits per heavy atom. The maximum absolute atomic E-state index is 13.6. The van der Waals surface area contributed by atoms with Crippen molar-refractivity contribution in [1.82, 2.24) is 10.2 Å². The summed E-state index contributed by atoms with van der Waals surface area (Å²) in [6.45, 7) is 2.29. The monoisotopic (exact) mass is 425 g/mol. The van der Waals surface area contributed by atoms with Crippen LogP contribution < -0.4 is 10.6 Å². The average Bonchev–Trinajstić information content (AvgIpc) is 2.68. The smallest absolute Gasteiger partial charge is 0.343 e. The highest BCUT2D eigenvalue weighted by Gasteiger charge is 2.28. The number of aryl methyl sites for hydroxylation is 1. The summed E-state index contributed by atoms with van der Waals surface area (Å²) >= 11 is 0. The van der Waals surface area contributed by atoms with Gasteiger partial charge in [-0.15, -0.1) is 0 Å². The summed E-state index contributed by atoms with van der Waals surface area (Å²) in [5.41, 5.74) is 1.72. The molecule has 0 heterocycles. The van der Waals surface area contributed by atoms with E-state index in [4.69, 9.17) is 0 Å². The van der Waals surface area contributed by atoms with Crippen molar-refractivity contribution in [3.8, 4) is 0 Å². The Morgan fingerprint density at radius 1 is 1.10 bits per heavy atom. The van der Waals surface area contributed by atoms with Gasteiger partial charge >= 0.3 is 6.18 Å². The Bertz CT molecular complexity index is 898. The van der Waals surface area contributed by atoms with E-state index in [-0.39, 0.29) is 11.5 Å². The average molecular weight is 425 g/mol. The number of carbonyl (C=O) groups is 2. The standard InChI is InChI=1S/C21H23F4N3O2/c1-13-4-9-17(10-18(13)22)27-19(29)14(2)28(3)11-15-5-7-16(8-6-15)20(30)26-12-21(23,24)25/h4-10,14H,11-12H2,1-3H3,(H,26,30)(H,27,29)/t14-/m1/s1. The molecule has 2 amide bonds. The van der Waals surface area contributed by atoms with Crippen LogP contribution in [-0.4, -0.2) is 42.5 Å². The lowest BCUT2D eigenvalue weighted by Crippen LogP contribution is -2.39. The number of amides is 2. The van der Waals surface area contributed by atoms with Crippen molar-refractivity contribution in [2.75, 3.05) is 18.9 Å². The molecule has 0 radical (unpaired) electrons. The molecule has 9 heteroatoms. The third kappa shape index (κ3) is 6.84. The van der Waals surface area contributed by atoms with Crippen LogP contribution in [0.1, 0.15) is 28.4 Å². The maximum Gasteiger partial charge on any atom is 0.405 e. The van der Waals surface area contributed by atoms with E-state index >= 15 is 0 Å². The van der Waals surface area contributed by atoms with Crippen molar-refractivity contribution >= 4 is 17.5 Å². The number of likely N-dealkylation sites (N-methyl/N-ethyl adjacent to an activating group) is 1. The van der Waals surface area contributed by atoms with Crippen molar-refractivity contribution < 1.29 is 27.2 Å². The van der Waals surface area contributed by atoms with Crippen LogP contribution in [-0.2, 0) is 11.3 Å². The zero-order valence-electron chi connectivity index (χ0n) is 16.8. The molecule has 1 atom stereocenters. The van der Waals surface area contributed by atoms with Crippen molar-refractivity contribution in [1.29, 1.82) is 0 Å². The molecule has 162 valence electrons. The highest BCUT2D eigenvalue weighted by molar-refractivity contribution is 5.95. The number of nitrogens with one attached hydrogen (secondary N) is 2. The molecule has 30 heavy (non-hydrogen) atoms. The molecule has 0 aromatic heterocycles. The first-order valence-corrected chi connectivity index (χ1v) is 9.17. The molecule has 0 saturated heterocycles. The second-order valence-corrected chi connectivity index (χ2v) is 7.04. The zero-order valence-corrected chi connectivity index (χ0v) is 16.8. The molecule has 2 aromatic carbocycles. The second kappa shape index (κ2) is 9.71. The summed E-state index contributed by atoms with van der Waals surface area (Å²) < 4.78 is 50.2. The summed E-state index contributed by atoms with van der Waals surface area (Å²) in [6.07, 6.45) is -4.47. The quantitative estimate of drug-likeness (QED) is 0.662. The van der Waals surface area contributed by atoms with Gasteiger partial charge in [0.2, 0.25) is 5.91 Å². The molecule has 2 rings (SSSR count). The minimum Gasteiger partial charge on any atom is -0.343 e. The third-order valence-corrected chi connectivity index (χ3v) is 4.58. The topological polar surface area (TPSA) is 61.4 Å². The zero-order chi connectivity index (χ0) is 22.5. The van der Waals surface area contributed by atoms with E-state index in [0.717, 1.165) is 5.56 Å². The Hall–Kier alpha value is -2.94. The lowest BCUT2D eigenvalue weighted by atomic mass is 10.1. The Kier molecular flexibility index (Phi) is 7.55. The molecule has 2 N–H and O–H groups in total. The number of hydrogen-bond acceptors (Lipinski definition) is 3. The van der Waals surface area contributed by atoms with E-state index in [0.29, 0.717) is 17.8 Å². The Morgan fingerprint density at radius 3 is 2.30 bits per heavy atom. The van der Waals surface area contributed by atoms with Gasteiger partial charge in [-0.05, 0) is 56.3 Å². The number of hydrogen-bond donors (Lipinski definition) is 2. The molecule has 5 nitrogen and oxygen atoms in total. The summed E-state index contributed by atoms with van der Waals surface area (Å²) in [5.74, 6) is -1.54. The molecular formula is C21H23F4N3O2. The first-order valence-electron chi connectivity index (χ1n) is 9.17. The van der Waals surface area contributed by atoms with E-state index < -0.39 is 30.5 Å². The van der Waals surface area contributed by atoms with E-state index in [1.165, 1.54) is 18.2 Å². The van der Waals surface area contributed by atoms with Gasteiger partial charge in [0, 0.05) is 17.8 Å². The molecule has 0 spiro atoms. The highest BCUT2D eigenvalue weighted by atomic mass is 19.4. The fraction of sp³-hybridized carbons (Fsp3) is 0.333. The lowest BCUT2D eigenvalue weighted by molar-refractivity contribution is -0.123. The fourth-order valence-corrected chi connectivity index (χ4v) is 2.59. The molecule has 0 bridgehead atoms. The van der Waals surface area contributed by atoms with Crippen LogP contribution >= 0.6 is 0 Å². The first kappa shape index (κ1) is 23.3. The van der Waals surface area contributed by atoms with Crippen LogP contribution in [0.3, 0.4) is 0 Å². The van der Waals surface area contributed by atoms with Gasteiger partial charge in [-0.1, -0.05) is 18.2 Å². The largest absolute Gasteiger partial charge is 0.405 e. The molecule has 2 aromatic rings. The number of anilines is 1. The summed E-state index contributed by atoms with van der Waals surface area (Å²) in [7, 11) is 1.73. The molecule has 0 unspecified atom stereocenters. The molecule has 0 aliphatic carbocycles. The van der Waals surface area contributed by atoms with Crippen molar-refractivity contribution in [2.45, 2.75) is 32.6 Å². The van der Waals surface area contributed by atoms with Gasteiger partial charge in [0.15, 0.2) is 0 Å². The van der Waals surface area contributed by atoms with Crippen LogP contribution in [0.15, 0.2) is 42.5 Å². The summed E-state index contributed by atoms with van der Waals surface area (Å²) in [5, 5.41) is 4.47. The Labute approximate surface area is 172 Å². The summed E-state index contributed by atoms with van der Waals surface area (Å²) in [6, 6.07) is 9.98. The van der Waals surface area contributed by atoms with Crippen molar-refractivity contribution in [2.24, 2.45) is 0 Å². The van der Waals surface area contributed by atoms with Crippen molar-refractivity contribution in [3.63, 3.8) is 0 Å². The van der Waals surface area contributed by atoms with Crippen LogP contribution in [0.25, 0.3) is 0 Å². The van der Waals surface area contributed by atoms with Gasteiger partial charge in [-0.3, -0.25) is 14.5 Å². The van der Waals surface area contributed by atoms with Crippen LogP contribution in [0.2, 0.25) is 0 Å². The fourth-order valence-electron chi connectivity index (χ4n) is 2.59. The number of halogens is 4. The number of nitrogens with zero attached hydrogens (tertiary/aromatic N) is 1. The molecule has 0 saturated carbocycles. The lowest BCUT2D eigenvalue weighted by Gasteiger charge is -2.24. The SMILES string of the molecule is Cc1ccc(NC(=O)[C@@H](C)N(C)Cc2ccc(C(=O)NCC(F)(F)F)cc2)cc1F. The number of rotatable bonds is 7. The van der Waals surface area contributed by atoms with Crippen LogP contribution in [0.5, 0.6) is 0 Å². The van der Waals surface area contributed by atoms with Gasteiger partial charge < -0.3 is 10.6 Å². The third-order valence-electron chi connectivity index (χ3n) is 4.58. The first-order chi connectivity index (χ1) is 14.0. The molecular weight excluding hydrogens is 402 g/mol. The van der Waals surface area contributed by atoms with Gasteiger partial charge in [-0.2, -0.15) is 13.2 Å². The summed E-state index contributed by atoms with van der Waals surface area (Å²) in [4.78, 5) is 25.9. The molecule has 0 aliphatic rings. The molecule has 0 aliphatic heterocycles. The highest BCUT2D eigenvalue weighted by Crippen LogP contribution is 2.16. The molecule has 0 fully saturated rings. The predicted molar refractivity (Wildman–Crippen MR) is 106 cm³/mol. The normalized spacial score (nSPS) is 12.5. The van der Waals surface area contributed by atoms with E-state index in [1.807, 2.05) is 5.32 Å². The predicted octanol–water partition coefficient (Wildman–Crippen LogP) is 3.89. The second-order valence-electron chi connectivity index (χ2n) is 7.04.